The van der Waals surface area contributed by atoms with Gasteiger partial charge in [0.2, 0.25) is 5.91 Å². The highest BCUT2D eigenvalue weighted by molar-refractivity contribution is 5.81. The van der Waals surface area contributed by atoms with Crippen LogP contribution in [0.2, 0.25) is 0 Å². The first-order valence-electron chi connectivity index (χ1n) is 7.63. The van der Waals surface area contributed by atoms with Crippen LogP contribution in [0.15, 0.2) is 0 Å². The number of nitrogens with zero attached hydrogens (tertiary/aromatic N) is 1. The Labute approximate surface area is 111 Å². The third-order valence-corrected chi connectivity index (χ3v) is 4.75. The maximum absolute atomic E-state index is 12.1. The molecule has 1 aliphatic carbocycles. The van der Waals surface area contributed by atoms with E-state index in [1.807, 2.05) is 14.1 Å². The second-order valence-corrected chi connectivity index (χ2v) is 6.28. The fourth-order valence-corrected chi connectivity index (χ4v) is 3.66. The van der Waals surface area contributed by atoms with Gasteiger partial charge in [-0.3, -0.25) is 4.79 Å². The number of hydrogen-bond donors (Lipinski definition) is 1. The van der Waals surface area contributed by atoms with E-state index in [1.54, 1.807) is 4.90 Å². The summed E-state index contributed by atoms with van der Waals surface area (Å²) in [5, 5.41) is 3.39. The summed E-state index contributed by atoms with van der Waals surface area (Å²) in [7, 11) is 3.72. The minimum Gasteiger partial charge on any atom is -0.347 e. The lowest BCUT2D eigenvalue weighted by Crippen LogP contribution is -2.49. The van der Waals surface area contributed by atoms with E-state index >= 15 is 0 Å². The molecule has 18 heavy (non-hydrogen) atoms. The van der Waals surface area contributed by atoms with Crippen LogP contribution in [-0.2, 0) is 4.79 Å². The predicted molar refractivity (Wildman–Crippen MR) is 74.4 cm³/mol. The van der Waals surface area contributed by atoms with Crippen LogP contribution < -0.4 is 5.32 Å². The molecule has 2 unspecified atom stereocenters. The summed E-state index contributed by atoms with van der Waals surface area (Å²) in [5.74, 6) is 1.92. The number of carbonyl (C=O) groups is 1. The molecule has 1 saturated heterocycles. The fourth-order valence-electron chi connectivity index (χ4n) is 3.66. The van der Waals surface area contributed by atoms with E-state index in [0.717, 1.165) is 24.8 Å². The summed E-state index contributed by atoms with van der Waals surface area (Å²) in [5.41, 5.74) is 0. The third-order valence-electron chi connectivity index (χ3n) is 4.75. The average molecular weight is 252 g/mol. The first-order chi connectivity index (χ1) is 8.68. The Kier molecular flexibility index (Phi) is 5.04. The van der Waals surface area contributed by atoms with Crippen LogP contribution in [0.1, 0.15) is 51.4 Å². The lowest BCUT2D eigenvalue weighted by Gasteiger charge is -2.35. The predicted octanol–water partition coefficient (Wildman–Crippen LogP) is 2.41. The van der Waals surface area contributed by atoms with Crippen LogP contribution >= 0.6 is 0 Å². The molecule has 1 aliphatic heterocycles. The van der Waals surface area contributed by atoms with E-state index in [9.17, 15) is 4.79 Å². The molecule has 0 aromatic carbocycles. The molecule has 1 N–H and O–H groups in total. The normalized spacial score (nSPS) is 30.8. The largest absolute Gasteiger partial charge is 0.347 e. The number of likely N-dealkylation sites (N-methyl/N-ethyl adjacent to an activating group) is 1. The first-order valence-corrected chi connectivity index (χ1v) is 7.63. The molecule has 0 aromatic heterocycles. The van der Waals surface area contributed by atoms with Crippen LogP contribution in [0.3, 0.4) is 0 Å². The van der Waals surface area contributed by atoms with E-state index in [1.165, 1.54) is 44.9 Å². The summed E-state index contributed by atoms with van der Waals surface area (Å²) in [6.45, 7) is 1.02. The van der Waals surface area contributed by atoms with Gasteiger partial charge >= 0.3 is 0 Å². The van der Waals surface area contributed by atoms with Crippen molar-refractivity contribution in [3.8, 4) is 0 Å². The monoisotopic (exact) mass is 252 g/mol. The van der Waals surface area contributed by atoms with Crippen LogP contribution in [0.25, 0.3) is 0 Å². The van der Waals surface area contributed by atoms with Gasteiger partial charge in [-0.25, -0.2) is 0 Å². The van der Waals surface area contributed by atoms with Crippen molar-refractivity contribution in [2.75, 3.05) is 20.6 Å². The summed E-state index contributed by atoms with van der Waals surface area (Å²) in [4.78, 5) is 13.8. The molecule has 2 atom stereocenters. The van der Waals surface area contributed by atoms with Gasteiger partial charge in [-0.15, -0.1) is 0 Å². The van der Waals surface area contributed by atoms with E-state index in [2.05, 4.69) is 5.32 Å². The van der Waals surface area contributed by atoms with Crippen LogP contribution in [0, 0.1) is 11.8 Å². The van der Waals surface area contributed by atoms with Crippen molar-refractivity contribution in [1.29, 1.82) is 0 Å². The van der Waals surface area contributed by atoms with E-state index in [0.29, 0.717) is 0 Å². The van der Waals surface area contributed by atoms with Crippen molar-refractivity contribution >= 4 is 5.91 Å². The Bertz CT molecular complexity index is 270. The first kappa shape index (κ1) is 13.9. The molecule has 0 radical (unpaired) electrons. The summed E-state index contributed by atoms with van der Waals surface area (Å²) in [6, 6.07) is 0.0713. The molecule has 1 amide bonds. The van der Waals surface area contributed by atoms with Gasteiger partial charge in [0.1, 0.15) is 0 Å². The number of rotatable bonds is 2. The second kappa shape index (κ2) is 6.55. The Balaban J connectivity index is 1.91. The maximum Gasteiger partial charge on any atom is 0.239 e. The van der Waals surface area contributed by atoms with E-state index in [-0.39, 0.29) is 11.9 Å². The lowest BCUT2D eigenvalue weighted by molar-refractivity contribution is -0.132. The average Bonchev–Trinajstić information content (AvgIpc) is 2.66. The van der Waals surface area contributed by atoms with Gasteiger partial charge in [-0.05, 0) is 31.2 Å². The van der Waals surface area contributed by atoms with Gasteiger partial charge in [0.05, 0.1) is 6.04 Å². The third kappa shape index (κ3) is 3.47. The Morgan fingerprint density at radius 1 is 1.00 bits per heavy atom. The number of nitrogens with one attached hydrogen (secondary N) is 1. The Morgan fingerprint density at radius 3 is 2.28 bits per heavy atom. The highest BCUT2D eigenvalue weighted by atomic mass is 16.2. The van der Waals surface area contributed by atoms with Gasteiger partial charge in [0.25, 0.3) is 0 Å². The zero-order chi connectivity index (χ0) is 13.0. The van der Waals surface area contributed by atoms with Gasteiger partial charge in [0, 0.05) is 14.1 Å². The highest BCUT2D eigenvalue weighted by Gasteiger charge is 2.32. The van der Waals surface area contributed by atoms with Crippen molar-refractivity contribution in [1.82, 2.24) is 10.2 Å². The quantitative estimate of drug-likeness (QED) is 0.766. The van der Waals surface area contributed by atoms with Gasteiger partial charge in [0.15, 0.2) is 0 Å². The van der Waals surface area contributed by atoms with Crippen molar-refractivity contribution < 1.29 is 4.79 Å². The summed E-state index contributed by atoms with van der Waals surface area (Å²) in [6.07, 6.45) is 10.8. The van der Waals surface area contributed by atoms with Crippen molar-refractivity contribution in [3.63, 3.8) is 0 Å². The number of hydrogen-bond acceptors (Lipinski definition) is 2. The Morgan fingerprint density at radius 2 is 1.67 bits per heavy atom. The van der Waals surface area contributed by atoms with E-state index in [4.69, 9.17) is 0 Å². The molecular weight excluding hydrogens is 224 g/mol. The van der Waals surface area contributed by atoms with E-state index < -0.39 is 0 Å². The molecule has 2 aliphatic rings. The zero-order valence-corrected chi connectivity index (χ0v) is 12.0. The highest BCUT2D eigenvalue weighted by Crippen LogP contribution is 2.34. The number of piperidine rings is 1. The van der Waals surface area contributed by atoms with Crippen molar-refractivity contribution in [3.05, 3.63) is 0 Å². The molecular formula is C15H28N2O. The van der Waals surface area contributed by atoms with Crippen molar-refractivity contribution in [2.24, 2.45) is 11.8 Å². The number of carbonyl (C=O) groups excluding carboxylic acids is 1. The number of amides is 1. The minimum absolute atomic E-state index is 0.0713. The molecule has 104 valence electrons. The molecule has 0 spiro atoms. The second-order valence-electron chi connectivity index (χ2n) is 6.28. The minimum atomic E-state index is 0.0713. The molecule has 3 nitrogen and oxygen atoms in total. The van der Waals surface area contributed by atoms with Gasteiger partial charge in [-0.2, -0.15) is 0 Å². The molecule has 0 aromatic rings. The summed E-state index contributed by atoms with van der Waals surface area (Å²) < 4.78 is 0. The summed E-state index contributed by atoms with van der Waals surface area (Å²) >= 11 is 0. The van der Waals surface area contributed by atoms with Crippen LogP contribution in [0.4, 0.5) is 0 Å². The molecule has 0 bridgehead atoms. The smallest absolute Gasteiger partial charge is 0.239 e. The van der Waals surface area contributed by atoms with Gasteiger partial charge in [-0.1, -0.05) is 38.5 Å². The van der Waals surface area contributed by atoms with Crippen molar-refractivity contribution in [2.45, 2.75) is 57.4 Å². The molecule has 1 saturated carbocycles. The van der Waals surface area contributed by atoms with Gasteiger partial charge < -0.3 is 10.2 Å². The van der Waals surface area contributed by atoms with Crippen LogP contribution in [-0.4, -0.2) is 37.5 Å². The molecule has 2 fully saturated rings. The zero-order valence-electron chi connectivity index (χ0n) is 12.0. The fraction of sp³-hybridized carbons (Fsp3) is 0.933. The Hall–Kier alpha value is -0.570. The lowest BCUT2D eigenvalue weighted by atomic mass is 9.78. The topological polar surface area (TPSA) is 32.3 Å². The molecule has 3 heteroatoms. The standard InChI is InChI=1S/C15H28N2O/c1-17(2)15(18)14-11-13(9-10-16-14)12-7-5-3-4-6-8-12/h12-14,16H,3-11H2,1-2H3. The molecule has 2 rings (SSSR count). The van der Waals surface area contributed by atoms with Crippen LogP contribution in [0.5, 0.6) is 0 Å². The SMILES string of the molecule is CN(C)C(=O)C1CC(C2CCCCCC2)CCN1. The molecule has 1 heterocycles. The maximum atomic E-state index is 12.1.